The molecule has 0 aliphatic heterocycles. The molecule has 1 aromatic carbocycles. The number of carbonyl (C=O) groups is 1. The molecule has 2 N–H and O–H groups in total. The molecule has 0 aliphatic rings. The van der Waals surface area contributed by atoms with Gasteiger partial charge in [-0.05, 0) is 48.6 Å². The Labute approximate surface area is 168 Å². The van der Waals surface area contributed by atoms with Crippen molar-refractivity contribution in [1.82, 2.24) is 10.3 Å². The molecule has 0 saturated heterocycles. The lowest BCUT2D eigenvalue weighted by Crippen LogP contribution is -2.32. The fourth-order valence-corrected chi connectivity index (χ4v) is 3.34. The molecule has 1 amide bonds. The van der Waals surface area contributed by atoms with E-state index >= 15 is 0 Å². The summed E-state index contributed by atoms with van der Waals surface area (Å²) >= 11 is 18.4. The maximum atomic E-state index is 11.9. The van der Waals surface area contributed by atoms with Crippen molar-refractivity contribution in [1.29, 1.82) is 0 Å². The molecule has 3 aromatic rings. The first-order valence-corrected chi connectivity index (χ1v) is 9.30. The Bertz CT molecular complexity index is 948. The quantitative estimate of drug-likeness (QED) is 0.443. The number of nitrogens with one attached hydrogen (secondary N) is 2. The number of hydrogen-bond donors (Lipinski definition) is 2. The number of halogens is 2. The monoisotopic (exact) mass is 423 g/mol. The predicted octanol–water partition coefficient (Wildman–Crippen LogP) is 5.24. The summed E-state index contributed by atoms with van der Waals surface area (Å²) < 4.78 is 5.68. The van der Waals surface area contributed by atoms with Crippen LogP contribution >= 0.6 is 46.8 Å². The normalized spacial score (nSPS) is 10.8. The Hall–Kier alpha value is -2.19. The lowest BCUT2D eigenvalue weighted by atomic mass is 10.2. The highest BCUT2D eigenvalue weighted by Gasteiger charge is 2.07. The van der Waals surface area contributed by atoms with Crippen LogP contribution in [0.5, 0.6) is 0 Å². The van der Waals surface area contributed by atoms with Crippen LogP contribution < -0.4 is 10.6 Å². The SMILES string of the molecule is O=C(/C=C/c1ccc(-c2cc(Cl)cc(Cl)c2)o1)NC(=S)Nc1nccs1. The van der Waals surface area contributed by atoms with Crippen molar-refractivity contribution in [2.45, 2.75) is 0 Å². The first-order chi connectivity index (χ1) is 12.5. The van der Waals surface area contributed by atoms with Crippen molar-refractivity contribution in [3.05, 3.63) is 63.8 Å². The second-order valence-corrected chi connectivity index (χ2v) is 7.15. The molecule has 0 bridgehead atoms. The molecule has 3 rings (SSSR count). The molecule has 0 fully saturated rings. The molecule has 26 heavy (non-hydrogen) atoms. The molecule has 5 nitrogen and oxygen atoms in total. The number of anilines is 1. The van der Waals surface area contributed by atoms with E-state index in [1.54, 1.807) is 41.9 Å². The predicted molar refractivity (Wildman–Crippen MR) is 110 cm³/mol. The molecule has 0 aliphatic carbocycles. The van der Waals surface area contributed by atoms with Crippen LogP contribution in [0.2, 0.25) is 10.0 Å². The molecule has 2 heterocycles. The summed E-state index contributed by atoms with van der Waals surface area (Å²) in [6.45, 7) is 0. The van der Waals surface area contributed by atoms with Crippen molar-refractivity contribution < 1.29 is 9.21 Å². The second kappa shape index (κ2) is 8.46. The maximum absolute atomic E-state index is 11.9. The van der Waals surface area contributed by atoms with Crippen molar-refractivity contribution in [3.8, 4) is 11.3 Å². The van der Waals surface area contributed by atoms with Gasteiger partial charge in [-0.1, -0.05) is 23.2 Å². The third-order valence-corrected chi connectivity index (χ3v) is 4.39. The highest BCUT2D eigenvalue weighted by atomic mass is 35.5. The van der Waals surface area contributed by atoms with E-state index in [9.17, 15) is 4.79 Å². The van der Waals surface area contributed by atoms with E-state index in [1.807, 2.05) is 0 Å². The van der Waals surface area contributed by atoms with Gasteiger partial charge >= 0.3 is 0 Å². The van der Waals surface area contributed by atoms with Crippen LogP contribution in [0.3, 0.4) is 0 Å². The van der Waals surface area contributed by atoms with Gasteiger partial charge in [-0.25, -0.2) is 4.98 Å². The second-order valence-electron chi connectivity index (χ2n) is 4.97. The van der Waals surface area contributed by atoms with Crippen molar-refractivity contribution in [2.24, 2.45) is 0 Å². The van der Waals surface area contributed by atoms with Gasteiger partial charge in [0.2, 0.25) is 5.91 Å². The minimum absolute atomic E-state index is 0.170. The number of nitrogens with zero attached hydrogens (tertiary/aromatic N) is 1. The molecule has 132 valence electrons. The number of carbonyl (C=O) groups excluding carboxylic acids is 1. The zero-order chi connectivity index (χ0) is 18.5. The van der Waals surface area contributed by atoms with Crippen LogP contribution in [0.1, 0.15) is 5.76 Å². The van der Waals surface area contributed by atoms with Gasteiger partial charge in [0.25, 0.3) is 0 Å². The van der Waals surface area contributed by atoms with Crippen LogP contribution in [0, 0.1) is 0 Å². The van der Waals surface area contributed by atoms with E-state index in [-0.39, 0.29) is 11.0 Å². The number of furan rings is 1. The molecule has 0 atom stereocenters. The van der Waals surface area contributed by atoms with E-state index < -0.39 is 0 Å². The summed E-state index contributed by atoms with van der Waals surface area (Å²) in [5, 5.41) is 8.95. The highest BCUT2D eigenvalue weighted by molar-refractivity contribution is 7.80. The first-order valence-electron chi connectivity index (χ1n) is 7.25. The van der Waals surface area contributed by atoms with Crippen molar-refractivity contribution >= 4 is 69.0 Å². The number of thiocarbonyl (C=S) groups is 1. The van der Waals surface area contributed by atoms with Crippen LogP contribution in [0.15, 0.2) is 52.4 Å². The fourth-order valence-electron chi connectivity index (χ4n) is 2.02. The Kier molecular flexibility index (Phi) is 6.05. The number of aromatic nitrogens is 1. The van der Waals surface area contributed by atoms with E-state index in [2.05, 4.69) is 15.6 Å². The minimum atomic E-state index is -0.386. The van der Waals surface area contributed by atoms with Gasteiger partial charge in [0.1, 0.15) is 11.5 Å². The molecule has 0 radical (unpaired) electrons. The minimum Gasteiger partial charge on any atom is -0.457 e. The van der Waals surface area contributed by atoms with E-state index in [0.717, 1.165) is 5.56 Å². The summed E-state index contributed by atoms with van der Waals surface area (Å²) in [6.07, 6.45) is 4.50. The largest absolute Gasteiger partial charge is 0.457 e. The van der Waals surface area contributed by atoms with Gasteiger partial charge in [0, 0.05) is 33.3 Å². The molecule has 0 spiro atoms. The summed E-state index contributed by atoms with van der Waals surface area (Å²) in [5.41, 5.74) is 0.750. The Balaban J connectivity index is 1.61. The van der Waals surface area contributed by atoms with Crippen LogP contribution in [0.4, 0.5) is 5.13 Å². The Morgan fingerprint density at radius 1 is 1.23 bits per heavy atom. The molecule has 2 aromatic heterocycles. The van der Waals surface area contributed by atoms with Crippen LogP contribution in [-0.4, -0.2) is 16.0 Å². The number of hydrogen-bond acceptors (Lipinski definition) is 5. The first kappa shape index (κ1) is 18.6. The van der Waals surface area contributed by atoms with Gasteiger partial charge in [0.05, 0.1) is 0 Å². The van der Waals surface area contributed by atoms with Crippen LogP contribution in [0.25, 0.3) is 17.4 Å². The van der Waals surface area contributed by atoms with E-state index in [0.29, 0.717) is 26.7 Å². The standard InChI is InChI=1S/C17H11Cl2N3O2S2/c18-11-7-10(8-12(19)9-11)14-3-1-13(24-14)2-4-15(23)21-16(25)22-17-20-5-6-26-17/h1-9H,(H2,20,21,22,23,25)/b4-2+. The van der Waals surface area contributed by atoms with Gasteiger partial charge in [-0.2, -0.15) is 0 Å². The summed E-state index contributed by atoms with van der Waals surface area (Å²) in [5.74, 6) is 0.711. The average molecular weight is 424 g/mol. The van der Waals surface area contributed by atoms with E-state index in [1.165, 1.54) is 23.5 Å². The molecule has 0 saturated carbocycles. The lowest BCUT2D eigenvalue weighted by molar-refractivity contribution is -0.115. The van der Waals surface area contributed by atoms with Crippen molar-refractivity contribution in [2.75, 3.05) is 5.32 Å². The zero-order valence-corrected chi connectivity index (χ0v) is 16.2. The highest BCUT2D eigenvalue weighted by Crippen LogP contribution is 2.28. The van der Waals surface area contributed by atoms with Crippen LogP contribution in [-0.2, 0) is 4.79 Å². The number of thiazole rings is 1. The number of amides is 1. The molecular formula is C17H11Cl2N3O2S2. The summed E-state index contributed by atoms with van der Waals surface area (Å²) in [4.78, 5) is 15.9. The summed E-state index contributed by atoms with van der Waals surface area (Å²) in [7, 11) is 0. The smallest absolute Gasteiger partial charge is 0.250 e. The molecule has 0 unspecified atom stereocenters. The summed E-state index contributed by atoms with van der Waals surface area (Å²) in [6, 6.07) is 8.64. The molecular weight excluding hydrogens is 413 g/mol. The lowest BCUT2D eigenvalue weighted by Gasteiger charge is -2.04. The van der Waals surface area contributed by atoms with Gasteiger partial charge < -0.3 is 9.73 Å². The maximum Gasteiger partial charge on any atom is 0.250 e. The number of benzene rings is 1. The average Bonchev–Trinajstić information content (AvgIpc) is 3.23. The Morgan fingerprint density at radius 2 is 2.00 bits per heavy atom. The fraction of sp³-hybridized carbons (Fsp3) is 0. The van der Waals surface area contributed by atoms with Gasteiger partial charge in [-0.15, -0.1) is 11.3 Å². The van der Waals surface area contributed by atoms with Gasteiger partial charge in [0.15, 0.2) is 10.2 Å². The topological polar surface area (TPSA) is 67.2 Å². The third kappa shape index (κ3) is 5.15. The van der Waals surface area contributed by atoms with Gasteiger partial charge in [-0.3, -0.25) is 10.1 Å². The third-order valence-electron chi connectivity index (χ3n) is 3.06. The Morgan fingerprint density at radius 3 is 2.69 bits per heavy atom. The van der Waals surface area contributed by atoms with Crippen molar-refractivity contribution in [3.63, 3.8) is 0 Å². The molecule has 9 heteroatoms. The van der Waals surface area contributed by atoms with E-state index in [4.69, 9.17) is 39.8 Å². The number of rotatable bonds is 4. The zero-order valence-electron chi connectivity index (χ0n) is 13.0.